The lowest BCUT2D eigenvalue weighted by atomic mass is 10.1. The zero-order valence-electron chi connectivity index (χ0n) is 17.8. The second kappa shape index (κ2) is 7.67. The maximum absolute atomic E-state index is 10.2. The van der Waals surface area contributed by atoms with Crippen molar-refractivity contribution >= 4 is 16.9 Å². The van der Waals surface area contributed by atoms with Gasteiger partial charge in [-0.2, -0.15) is 0 Å². The van der Waals surface area contributed by atoms with Crippen LogP contribution in [0.25, 0.3) is 11.0 Å². The normalized spacial score (nSPS) is 28.4. The van der Waals surface area contributed by atoms with E-state index >= 15 is 0 Å². The molecule has 2 N–H and O–H groups in total. The van der Waals surface area contributed by atoms with E-state index in [1.54, 1.807) is 6.33 Å². The summed E-state index contributed by atoms with van der Waals surface area (Å²) in [7, 11) is 0. The Bertz CT molecular complexity index is 1040. The van der Waals surface area contributed by atoms with Crippen molar-refractivity contribution in [3.8, 4) is 0 Å². The predicted molar refractivity (Wildman–Crippen MR) is 117 cm³/mol. The average molecular weight is 407 g/mol. The fourth-order valence-corrected chi connectivity index (χ4v) is 5.15. The fourth-order valence-electron chi connectivity index (χ4n) is 5.15. The van der Waals surface area contributed by atoms with E-state index in [4.69, 9.17) is 4.74 Å². The molecule has 0 spiro atoms. The average Bonchev–Trinajstić information content (AvgIpc) is 3.38. The molecule has 0 aliphatic heterocycles. The van der Waals surface area contributed by atoms with Crippen molar-refractivity contribution in [3.63, 3.8) is 0 Å². The highest BCUT2D eigenvalue weighted by Crippen LogP contribution is 2.39. The van der Waals surface area contributed by atoms with E-state index in [0.29, 0.717) is 5.92 Å². The summed E-state index contributed by atoms with van der Waals surface area (Å²) in [6.07, 6.45) is 6.36. The SMILES string of the molecule is CC(C)O[C@H]1Cc2ccccc2[C@H]1Nc1ncnc2c1ccn2[C@@H]1C[C@H](C)[C@@H](O)C1. The van der Waals surface area contributed by atoms with E-state index < -0.39 is 0 Å². The number of aromatic nitrogens is 3. The van der Waals surface area contributed by atoms with Crippen LogP contribution < -0.4 is 5.32 Å². The minimum Gasteiger partial charge on any atom is -0.393 e. The van der Waals surface area contributed by atoms with E-state index in [2.05, 4.69) is 77.2 Å². The van der Waals surface area contributed by atoms with E-state index in [9.17, 15) is 5.11 Å². The summed E-state index contributed by atoms with van der Waals surface area (Å²) in [4.78, 5) is 9.17. The van der Waals surface area contributed by atoms with Gasteiger partial charge in [0, 0.05) is 18.7 Å². The Balaban J connectivity index is 1.48. The zero-order valence-corrected chi connectivity index (χ0v) is 17.8. The minimum absolute atomic E-state index is 0.0541. The third-order valence-corrected chi connectivity index (χ3v) is 6.64. The standard InChI is InChI=1S/C24H30N4O2/c1-14(2)30-21-11-16-6-4-5-7-18(16)22(21)27-23-19-8-9-28(24(19)26-13-25-23)17-10-15(3)20(29)12-17/h4-9,13-15,17,20-22,29H,10-12H2,1-3H3,(H,25,26,27)/t15-,17+,20-,21-,22+/m0/s1. The highest BCUT2D eigenvalue weighted by molar-refractivity contribution is 5.87. The van der Waals surface area contributed by atoms with Crippen molar-refractivity contribution in [2.45, 2.75) is 70.4 Å². The molecule has 5 rings (SSSR count). The number of ether oxygens (including phenoxy) is 1. The molecule has 0 saturated heterocycles. The van der Waals surface area contributed by atoms with Gasteiger partial charge >= 0.3 is 0 Å². The maximum Gasteiger partial charge on any atom is 0.145 e. The number of hydrogen-bond donors (Lipinski definition) is 2. The third kappa shape index (κ3) is 3.38. The van der Waals surface area contributed by atoms with Crippen molar-refractivity contribution < 1.29 is 9.84 Å². The second-order valence-corrected chi connectivity index (χ2v) is 9.10. The van der Waals surface area contributed by atoms with Crippen LogP contribution in [0.2, 0.25) is 0 Å². The lowest BCUT2D eigenvalue weighted by molar-refractivity contribution is 0.00375. The van der Waals surface area contributed by atoms with Crippen LogP contribution >= 0.6 is 0 Å². The van der Waals surface area contributed by atoms with Gasteiger partial charge in [-0.1, -0.05) is 31.2 Å². The van der Waals surface area contributed by atoms with Crippen molar-refractivity contribution in [1.29, 1.82) is 0 Å². The van der Waals surface area contributed by atoms with Crippen LogP contribution in [0.15, 0.2) is 42.9 Å². The van der Waals surface area contributed by atoms with Gasteiger partial charge in [0.15, 0.2) is 0 Å². The molecule has 6 nitrogen and oxygen atoms in total. The number of fused-ring (bicyclic) bond motifs is 2. The van der Waals surface area contributed by atoms with Gasteiger partial charge in [-0.15, -0.1) is 0 Å². The van der Waals surface area contributed by atoms with Gasteiger partial charge in [-0.05, 0) is 49.8 Å². The number of nitrogens with zero attached hydrogens (tertiary/aromatic N) is 3. The van der Waals surface area contributed by atoms with Gasteiger partial charge in [0.05, 0.1) is 29.7 Å². The smallest absolute Gasteiger partial charge is 0.145 e. The van der Waals surface area contributed by atoms with Crippen molar-refractivity contribution in [2.24, 2.45) is 5.92 Å². The highest BCUT2D eigenvalue weighted by Gasteiger charge is 2.35. The van der Waals surface area contributed by atoms with Gasteiger partial charge in [0.2, 0.25) is 0 Å². The van der Waals surface area contributed by atoms with E-state index in [1.165, 1.54) is 11.1 Å². The molecule has 1 saturated carbocycles. The van der Waals surface area contributed by atoms with Crippen LogP contribution in [-0.2, 0) is 11.2 Å². The maximum atomic E-state index is 10.2. The quantitative estimate of drug-likeness (QED) is 0.662. The van der Waals surface area contributed by atoms with Gasteiger partial charge in [-0.25, -0.2) is 9.97 Å². The molecule has 0 amide bonds. The molecule has 5 atom stereocenters. The first-order chi connectivity index (χ1) is 14.5. The first-order valence-electron chi connectivity index (χ1n) is 11.0. The Morgan fingerprint density at radius 3 is 2.77 bits per heavy atom. The summed E-state index contributed by atoms with van der Waals surface area (Å²) in [5.74, 6) is 1.15. The summed E-state index contributed by atoms with van der Waals surface area (Å²) in [5.41, 5.74) is 3.53. The molecule has 3 aromatic rings. The molecular weight excluding hydrogens is 376 g/mol. The topological polar surface area (TPSA) is 72.2 Å². The summed E-state index contributed by atoms with van der Waals surface area (Å²) >= 11 is 0. The third-order valence-electron chi connectivity index (χ3n) is 6.64. The van der Waals surface area contributed by atoms with Crippen LogP contribution in [0.5, 0.6) is 0 Å². The first-order valence-corrected chi connectivity index (χ1v) is 11.0. The number of aliphatic hydroxyl groups excluding tert-OH is 1. The molecule has 1 fully saturated rings. The van der Waals surface area contributed by atoms with Crippen molar-refractivity contribution in [3.05, 3.63) is 54.0 Å². The van der Waals surface area contributed by atoms with Crippen LogP contribution in [0.4, 0.5) is 5.82 Å². The molecule has 2 aromatic heterocycles. The van der Waals surface area contributed by atoms with Gasteiger partial charge in [0.25, 0.3) is 0 Å². The molecule has 158 valence electrons. The molecule has 2 aliphatic rings. The van der Waals surface area contributed by atoms with Crippen LogP contribution in [0, 0.1) is 5.92 Å². The molecule has 0 bridgehead atoms. The van der Waals surface area contributed by atoms with Crippen LogP contribution in [0.1, 0.15) is 56.8 Å². The van der Waals surface area contributed by atoms with E-state index in [1.807, 2.05) is 0 Å². The van der Waals surface area contributed by atoms with Crippen LogP contribution in [-0.4, -0.2) is 38.0 Å². The number of hydrogen-bond acceptors (Lipinski definition) is 5. The largest absolute Gasteiger partial charge is 0.393 e. The molecule has 6 heteroatoms. The summed E-state index contributed by atoms with van der Waals surface area (Å²) < 4.78 is 8.47. The Hall–Kier alpha value is -2.44. The van der Waals surface area contributed by atoms with E-state index in [-0.39, 0.29) is 30.4 Å². The van der Waals surface area contributed by atoms with Gasteiger partial charge in [0.1, 0.15) is 17.8 Å². The minimum atomic E-state index is -0.240. The molecule has 30 heavy (non-hydrogen) atoms. The van der Waals surface area contributed by atoms with Gasteiger partial charge in [-0.3, -0.25) is 0 Å². The number of aliphatic hydroxyl groups is 1. The van der Waals surface area contributed by atoms with E-state index in [0.717, 1.165) is 36.1 Å². The Morgan fingerprint density at radius 1 is 1.17 bits per heavy atom. The summed E-state index contributed by atoms with van der Waals surface area (Å²) in [6.45, 7) is 6.28. The Kier molecular flexibility index (Phi) is 4.99. The fraction of sp³-hybridized carbons (Fsp3) is 0.500. The number of anilines is 1. The first kappa shape index (κ1) is 19.5. The van der Waals surface area contributed by atoms with Crippen molar-refractivity contribution in [2.75, 3.05) is 5.32 Å². The van der Waals surface area contributed by atoms with Gasteiger partial charge < -0.3 is 19.7 Å². The highest BCUT2D eigenvalue weighted by atomic mass is 16.5. The Morgan fingerprint density at radius 2 is 2.00 bits per heavy atom. The molecule has 0 unspecified atom stereocenters. The monoisotopic (exact) mass is 406 g/mol. The number of nitrogens with one attached hydrogen (secondary N) is 1. The molecule has 1 aromatic carbocycles. The summed E-state index contributed by atoms with van der Waals surface area (Å²) in [5, 5.41) is 14.9. The zero-order chi connectivity index (χ0) is 20.8. The number of benzene rings is 1. The second-order valence-electron chi connectivity index (χ2n) is 9.10. The molecule has 0 radical (unpaired) electrons. The molecular formula is C24H30N4O2. The summed E-state index contributed by atoms with van der Waals surface area (Å²) in [6, 6.07) is 11.0. The van der Waals surface area contributed by atoms with Crippen molar-refractivity contribution in [1.82, 2.24) is 14.5 Å². The lowest BCUT2D eigenvalue weighted by Crippen LogP contribution is -2.27. The lowest BCUT2D eigenvalue weighted by Gasteiger charge is -2.25. The van der Waals surface area contributed by atoms with Crippen LogP contribution in [0.3, 0.4) is 0 Å². The Labute approximate surface area is 177 Å². The molecule has 2 aliphatic carbocycles. The number of rotatable bonds is 5. The molecule has 2 heterocycles. The predicted octanol–water partition coefficient (Wildman–Crippen LogP) is 4.27.